The van der Waals surface area contributed by atoms with Crippen molar-refractivity contribution in [2.45, 2.75) is 52.2 Å². The van der Waals surface area contributed by atoms with Crippen molar-refractivity contribution < 1.29 is 13.2 Å². The Hall–Kier alpha value is -0.380. The topological polar surface area (TPSA) is 51.2 Å². The van der Waals surface area contributed by atoms with Gasteiger partial charge in [-0.2, -0.15) is 0 Å². The summed E-state index contributed by atoms with van der Waals surface area (Å²) in [5.41, 5.74) is 0.0588. The largest absolute Gasteiger partial charge is 0.298 e. The van der Waals surface area contributed by atoms with Gasteiger partial charge in [-0.3, -0.25) is 4.79 Å². The van der Waals surface area contributed by atoms with Crippen LogP contribution in [0.3, 0.4) is 0 Å². The normalized spacial score (nSPS) is 14.0. The number of carbonyl (C=O) groups excluding carboxylic acids is 1. The van der Waals surface area contributed by atoms with Crippen LogP contribution in [0.2, 0.25) is 0 Å². The maximum absolute atomic E-state index is 11.8. The molecule has 0 aliphatic carbocycles. The molecule has 0 bridgehead atoms. The van der Waals surface area contributed by atoms with Crippen molar-refractivity contribution in [3.05, 3.63) is 0 Å². The Balaban J connectivity index is 4.62. The van der Waals surface area contributed by atoms with E-state index in [1.165, 1.54) is 13.8 Å². The van der Waals surface area contributed by atoms with E-state index in [1.54, 1.807) is 0 Å². The number of rotatable bonds is 4. The molecule has 0 aromatic rings. The minimum Gasteiger partial charge on any atom is -0.298 e. The summed E-state index contributed by atoms with van der Waals surface area (Å²) in [6.45, 7) is 9.07. The molecule has 3 nitrogen and oxygen atoms in total. The third-order valence-electron chi connectivity index (χ3n) is 2.70. The van der Waals surface area contributed by atoms with E-state index < -0.39 is 14.6 Å². The van der Waals surface area contributed by atoms with E-state index in [0.717, 1.165) is 6.26 Å². The number of carbonyl (C=O) groups is 1. The highest BCUT2D eigenvalue weighted by Gasteiger charge is 2.37. The van der Waals surface area contributed by atoms with Gasteiger partial charge >= 0.3 is 0 Å². The number of hydrogen-bond donors (Lipinski definition) is 0. The summed E-state index contributed by atoms with van der Waals surface area (Å²) in [6.07, 6.45) is 2.15. The first-order valence-electron chi connectivity index (χ1n) is 5.11. The second kappa shape index (κ2) is 4.24. The third kappa shape index (κ3) is 4.33. The van der Waals surface area contributed by atoms with Crippen LogP contribution in [-0.2, 0) is 14.6 Å². The quantitative estimate of drug-likeness (QED) is 0.749. The van der Waals surface area contributed by atoms with Crippen LogP contribution in [-0.4, -0.2) is 25.2 Å². The maximum Gasteiger partial charge on any atom is 0.159 e. The van der Waals surface area contributed by atoms with Crippen molar-refractivity contribution in [3.63, 3.8) is 0 Å². The standard InChI is InChI=1S/C11H22O3S/c1-10(2,3)8-7-9(12)11(4,5)15(6,13)14/h7-8H2,1-6H3. The number of sulfone groups is 1. The molecule has 0 aliphatic heterocycles. The Bertz CT molecular complexity index is 331. The highest BCUT2D eigenvalue weighted by Crippen LogP contribution is 2.25. The zero-order valence-electron chi connectivity index (χ0n) is 10.5. The van der Waals surface area contributed by atoms with Crippen molar-refractivity contribution >= 4 is 15.6 Å². The van der Waals surface area contributed by atoms with E-state index in [4.69, 9.17) is 0 Å². The number of Topliss-reactive ketones (excluding diaryl/α,β-unsaturated/α-hetero) is 1. The van der Waals surface area contributed by atoms with Gasteiger partial charge in [0.2, 0.25) is 0 Å². The van der Waals surface area contributed by atoms with Crippen molar-refractivity contribution in [1.82, 2.24) is 0 Å². The fourth-order valence-electron chi connectivity index (χ4n) is 0.996. The molecular formula is C11H22O3S. The lowest BCUT2D eigenvalue weighted by Gasteiger charge is -2.23. The highest BCUT2D eigenvalue weighted by atomic mass is 32.2. The van der Waals surface area contributed by atoms with Crippen LogP contribution in [0.1, 0.15) is 47.5 Å². The first-order valence-corrected chi connectivity index (χ1v) is 7.00. The number of hydrogen-bond acceptors (Lipinski definition) is 3. The molecule has 0 aliphatic rings. The van der Waals surface area contributed by atoms with E-state index in [9.17, 15) is 13.2 Å². The lowest BCUT2D eigenvalue weighted by Crippen LogP contribution is -2.40. The fourth-order valence-corrected chi connectivity index (χ4v) is 1.51. The monoisotopic (exact) mass is 234 g/mol. The fraction of sp³-hybridized carbons (Fsp3) is 0.909. The SMILES string of the molecule is CC(C)(C)CCC(=O)C(C)(C)S(C)(=O)=O. The second-order valence-corrected chi connectivity index (χ2v) is 8.33. The van der Waals surface area contributed by atoms with Crippen LogP contribution in [0.25, 0.3) is 0 Å². The third-order valence-corrected chi connectivity index (χ3v) is 4.78. The van der Waals surface area contributed by atoms with Crippen LogP contribution in [0, 0.1) is 5.41 Å². The van der Waals surface area contributed by atoms with Gasteiger partial charge < -0.3 is 0 Å². The van der Waals surface area contributed by atoms with Gasteiger partial charge in [-0.25, -0.2) is 8.42 Å². The van der Waals surface area contributed by atoms with E-state index in [0.29, 0.717) is 12.8 Å². The molecule has 0 radical (unpaired) electrons. The molecule has 0 heterocycles. The summed E-state index contributed by atoms with van der Waals surface area (Å²) >= 11 is 0. The molecule has 0 spiro atoms. The van der Waals surface area contributed by atoms with Crippen LogP contribution in [0.5, 0.6) is 0 Å². The summed E-state index contributed by atoms with van der Waals surface area (Å²) in [5, 5.41) is 0. The Morgan fingerprint density at radius 1 is 1.07 bits per heavy atom. The van der Waals surface area contributed by atoms with Crippen LogP contribution < -0.4 is 0 Å². The predicted molar refractivity (Wildman–Crippen MR) is 62.6 cm³/mol. The molecule has 0 amide bonds. The Kier molecular flexibility index (Phi) is 4.13. The smallest absolute Gasteiger partial charge is 0.159 e. The zero-order valence-corrected chi connectivity index (χ0v) is 11.4. The van der Waals surface area contributed by atoms with E-state index >= 15 is 0 Å². The average molecular weight is 234 g/mol. The van der Waals surface area contributed by atoms with Crippen LogP contribution >= 0.6 is 0 Å². The second-order valence-electron chi connectivity index (χ2n) is 5.77. The summed E-state index contributed by atoms with van der Waals surface area (Å²) in [4.78, 5) is 11.8. The van der Waals surface area contributed by atoms with Gasteiger partial charge in [-0.15, -0.1) is 0 Å². The highest BCUT2D eigenvalue weighted by molar-refractivity contribution is 7.92. The van der Waals surface area contributed by atoms with Crippen LogP contribution in [0.4, 0.5) is 0 Å². The van der Waals surface area contributed by atoms with Gasteiger partial charge in [0.1, 0.15) is 4.75 Å². The van der Waals surface area contributed by atoms with Crippen molar-refractivity contribution in [3.8, 4) is 0 Å². The molecule has 0 aromatic carbocycles. The lowest BCUT2D eigenvalue weighted by molar-refractivity contribution is -0.121. The minimum absolute atomic E-state index is 0.0588. The Morgan fingerprint density at radius 3 is 1.73 bits per heavy atom. The molecule has 0 fully saturated rings. The summed E-state index contributed by atoms with van der Waals surface area (Å²) in [7, 11) is -3.32. The Morgan fingerprint density at radius 2 is 1.47 bits per heavy atom. The van der Waals surface area contributed by atoms with Crippen molar-refractivity contribution in [2.24, 2.45) is 5.41 Å². The first-order chi connectivity index (χ1) is 6.38. The van der Waals surface area contributed by atoms with Crippen LogP contribution in [0.15, 0.2) is 0 Å². The van der Waals surface area contributed by atoms with Gasteiger partial charge in [0, 0.05) is 12.7 Å². The number of ketones is 1. The average Bonchev–Trinajstić information content (AvgIpc) is 1.96. The lowest BCUT2D eigenvalue weighted by atomic mass is 9.88. The predicted octanol–water partition coefficient (Wildman–Crippen LogP) is 2.21. The van der Waals surface area contributed by atoms with Gasteiger partial charge in [-0.1, -0.05) is 20.8 Å². The Labute approximate surface area is 93.2 Å². The molecule has 0 rings (SSSR count). The molecule has 0 N–H and O–H groups in total. The van der Waals surface area contributed by atoms with Crippen molar-refractivity contribution in [1.29, 1.82) is 0 Å². The van der Waals surface area contributed by atoms with Gasteiger partial charge in [0.15, 0.2) is 15.6 Å². The van der Waals surface area contributed by atoms with E-state index in [-0.39, 0.29) is 11.2 Å². The van der Waals surface area contributed by atoms with E-state index in [1.807, 2.05) is 20.8 Å². The first kappa shape index (κ1) is 14.6. The zero-order chi connectivity index (χ0) is 12.5. The van der Waals surface area contributed by atoms with Gasteiger partial charge in [-0.05, 0) is 25.7 Å². The minimum atomic E-state index is -3.32. The molecule has 4 heteroatoms. The van der Waals surface area contributed by atoms with Gasteiger partial charge in [0.05, 0.1) is 0 Å². The summed E-state index contributed by atoms with van der Waals surface area (Å²) in [6, 6.07) is 0. The summed E-state index contributed by atoms with van der Waals surface area (Å²) < 4.78 is 21.5. The molecule has 90 valence electrons. The van der Waals surface area contributed by atoms with Crippen molar-refractivity contribution in [2.75, 3.05) is 6.26 Å². The molecule has 0 saturated carbocycles. The molecule has 0 saturated heterocycles. The maximum atomic E-state index is 11.8. The molecule has 15 heavy (non-hydrogen) atoms. The van der Waals surface area contributed by atoms with Gasteiger partial charge in [0.25, 0.3) is 0 Å². The van der Waals surface area contributed by atoms with E-state index in [2.05, 4.69) is 0 Å². The molecular weight excluding hydrogens is 212 g/mol. The molecule has 0 unspecified atom stereocenters. The molecule has 0 atom stereocenters. The molecule has 0 aromatic heterocycles. The summed E-state index contributed by atoms with van der Waals surface area (Å²) in [5.74, 6) is -0.195.